The molecule has 0 aromatic heterocycles. The zero-order chi connectivity index (χ0) is 44.9. The van der Waals surface area contributed by atoms with Crippen molar-refractivity contribution in [1.82, 2.24) is 27.0 Å². The van der Waals surface area contributed by atoms with E-state index >= 15 is 0 Å². The van der Waals surface area contributed by atoms with Crippen molar-refractivity contribution in [3.63, 3.8) is 0 Å². The molecule has 1 rings (SSSR count). The van der Waals surface area contributed by atoms with Gasteiger partial charge in [-0.1, -0.05) is 95.6 Å². The van der Waals surface area contributed by atoms with Gasteiger partial charge in [-0.05, 0) is 76.5 Å². The van der Waals surface area contributed by atoms with E-state index in [4.69, 9.17) is 15.2 Å². The van der Waals surface area contributed by atoms with Crippen molar-refractivity contribution in [1.29, 1.82) is 0 Å². The number of ketones is 2. The summed E-state index contributed by atoms with van der Waals surface area (Å²) >= 11 is 0. The molecular weight excluding hydrogens is 779 g/mol. The van der Waals surface area contributed by atoms with Crippen LogP contribution in [0.5, 0.6) is 5.75 Å². The molecule has 0 saturated carbocycles. The summed E-state index contributed by atoms with van der Waals surface area (Å²) in [6.45, 7) is 5.99. The highest BCUT2D eigenvalue weighted by atomic mass is 16.5. The highest BCUT2D eigenvalue weighted by Gasteiger charge is 2.25. The molecule has 0 aliphatic heterocycles. The van der Waals surface area contributed by atoms with Crippen LogP contribution >= 0.6 is 0 Å². The van der Waals surface area contributed by atoms with Crippen molar-refractivity contribution in [3.05, 3.63) is 29.8 Å². The van der Waals surface area contributed by atoms with Gasteiger partial charge in [0.1, 0.15) is 24.2 Å². The zero-order valence-corrected chi connectivity index (χ0v) is 37.8. The van der Waals surface area contributed by atoms with E-state index in [1.807, 2.05) is 0 Å². The molecule has 347 valence electrons. The van der Waals surface area contributed by atoms with E-state index in [0.29, 0.717) is 58.4 Å². The summed E-state index contributed by atoms with van der Waals surface area (Å²) in [5.41, 5.74) is 8.87. The molecular formula is C47H80N5O9. The minimum Gasteiger partial charge on any atom is -0.508 e. The number of Topliss-reactive ketones (excluding diaryl/α,β-unsaturated/α-hetero) is 2. The maximum Gasteiger partial charge on any atom is 0.245 e. The Morgan fingerprint density at radius 3 is 1.59 bits per heavy atom. The minimum absolute atomic E-state index is 0.0200. The molecule has 3 atom stereocenters. The number of aromatic hydroxyl groups is 1. The molecule has 14 nitrogen and oxygen atoms in total. The molecule has 1 radical (unpaired) electrons. The van der Waals surface area contributed by atoms with E-state index in [1.165, 1.54) is 31.9 Å². The number of unbranched alkanes of at least 4 members (excludes halogenated alkanes) is 15. The van der Waals surface area contributed by atoms with Crippen molar-refractivity contribution in [2.75, 3.05) is 46.6 Å². The highest BCUT2D eigenvalue weighted by molar-refractivity contribution is 5.93. The first-order chi connectivity index (χ1) is 29.4. The summed E-state index contributed by atoms with van der Waals surface area (Å²) in [4.78, 5) is 73.6. The largest absolute Gasteiger partial charge is 0.508 e. The molecule has 0 fully saturated rings. The fourth-order valence-corrected chi connectivity index (χ4v) is 6.90. The topological polar surface area (TPSA) is 213 Å². The predicted octanol–water partition coefficient (Wildman–Crippen LogP) is 6.46. The Bertz CT molecular complexity index is 1360. The summed E-state index contributed by atoms with van der Waals surface area (Å²) < 4.78 is 10.1. The van der Waals surface area contributed by atoms with Crippen molar-refractivity contribution in [2.45, 2.75) is 174 Å². The monoisotopic (exact) mass is 859 g/mol. The van der Waals surface area contributed by atoms with E-state index in [0.717, 1.165) is 102 Å². The lowest BCUT2D eigenvalue weighted by Gasteiger charge is -2.19. The van der Waals surface area contributed by atoms with Crippen LogP contribution in [0.4, 0.5) is 0 Å². The fourth-order valence-electron chi connectivity index (χ4n) is 6.90. The van der Waals surface area contributed by atoms with Crippen LogP contribution in [0.2, 0.25) is 0 Å². The Kier molecular flexibility index (Phi) is 33.2. The molecule has 0 unspecified atom stereocenters. The third kappa shape index (κ3) is 31.6. The summed E-state index contributed by atoms with van der Waals surface area (Å²) in [5, 5.41) is 20.9. The molecule has 0 aliphatic rings. The molecule has 61 heavy (non-hydrogen) atoms. The quantitative estimate of drug-likeness (QED) is 0.0458. The summed E-state index contributed by atoms with van der Waals surface area (Å²) in [6, 6.07) is 4.37. The van der Waals surface area contributed by atoms with Gasteiger partial charge in [0.2, 0.25) is 23.6 Å². The third-order valence-electron chi connectivity index (χ3n) is 10.8. The first kappa shape index (κ1) is 55.1. The number of phenols is 1. The first-order valence-corrected chi connectivity index (χ1v) is 23.1. The highest BCUT2D eigenvalue weighted by Crippen LogP contribution is 2.17. The SMILES string of the molecule is COCCOCC(=O)NCCCCCCCCCCC(=O)NCCCCCCCCCCC(=O)NCCCC[C@H](CC(=O)[C@@H](C)NC(=O)[C@@H]([NH])Cc1ccc(O)cc1)C(C)=O. The molecule has 1 aromatic carbocycles. The molecule has 0 saturated heterocycles. The maximum atomic E-state index is 12.8. The molecule has 0 bridgehead atoms. The molecule has 14 heteroatoms. The average molecular weight is 859 g/mol. The van der Waals surface area contributed by atoms with Gasteiger partial charge in [0.05, 0.1) is 19.3 Å². The van der Waals surface area contributed by atoms with Crippen molar-refractivity contribution in [3.8, 4) is 5.75 Å². The second-order valence-corrected chi connectivity index (χ2v) is 16.4. The summed E-state index contributed by atoms with van der Waals surface area (Å²) in [6.07, 6.45) is 20.5. The second kappa shape index (κ2) is 36.7. The molecule has 0 aliphatic carbocycles. The lowest BCUT2D eigenvalue weighted by molar-refractivity contribution is -0.130. The molecule has 6 N–H and O–H groups in total. The number of hydrogen-bond donors (Lipinski definition) is 5. The molecule has 1 aromatic rings. The third-order valence-corrected chi connectivity index (χ3v) is 10.8. The second-order valence-electron chi connectivity index (χ2n) is 16.4. The van der Waals surface area contributed by atoms with Crippen molar-refractivity contribution >= 4 is 35.2 Å². The molecule has 4 amide bonds. The number of nitrogens with one attached hydrogen (secondary N) is 5. The van der Waals surface area contributed by atoms with Gasteiger partial charge in [-0.15, -0.1) is 0 Å². The Hall–Kier alpha value is -3.88. The van der Waals surface area contributed by atoms with Crippen LogP contribution in [0.15, 0.2) is 24.3 Å². The van der Waals surface area contributed by atoms with Crippen LogP contribution in [0.25, 0.3) is 0 Å². The lowest BCUT2D eigenvalue weighted by atomic mass is 9.91. The van der Waals surface area contributed by atoms with Crippen LogP contribution < -0.4 is 27.0 Å². The predicted molar refractivity (Wildman–Crippen MR) is 239 cm³/mol. The molecule has 0 heterocycles. The van der Waals surface area contributed by atoms with E-state index in [9.17, 15) is 33.9 Å². The van der Waals surface area contributed by atoms with Crippen molar-refractivity contribution in [2.24, 2.45) is 5.92 Å². The lowest BCUT2D eigenvalue weighted by Crippen LogP contribution is -2.45. The first-order valence-electron chi connectivity index (χ1n) is 23.1. The number of methoxy groups -OCH3 is 1. The number of amides is 4. The summed E-state index contributed by atoms with van der Waals surface area (Å²) in [7, 11) is 1.60. The van der Waals surface area contributed by atoms with Gasteiger partial charge in [-0.25, -0.2) is 5.73 Å². The van der Waals surface area contributed by atoms with E-state index in [1.54, 1.807) is 26.2 Å². The number of rotatable bonds is 40. The standard InChI is InChI=1S/C47H80N5O9/c1-37(52-47(59)42(48)34-39-25-27-41(54)28-26-39)43(55)35-40(38(2)53)22-18-21-31-50-45(57)24-17-13-8-4-6-10-14-19-29-49-44(56)23-16-12-9-5-7-11-15-20-30-51-46(58)36-61-33-32-60-3/h25-28,37,40,42,48,54H,4-24,29-36H2,1-3H3,(H,49,56)(H,50,57)(H,51,58)(H,52,59)/t37-,40-,42+/m1/s1. The average Bonchev–Trinajstić information content (AvgIpc) is 3.23. The van der Waals surface area contributed by atoms with Gasteiger partial charge in [0, 0.05) is 51.9 Å². The zero-order valence-electron chi connectivity index (χ0n) is 37.8. The van der Waals surface area contributed by atoms with Crippen LogP contribution in [0.3, 0.4) is 0 Å². The van der Waals surface area contributed by atoms with E-state index in [2.05, 4.69) is 21.3 Å². The normalized spacial score (nSPS) is 12.6. The van der Waals surface area contributed by atoms with Crippen molar-refractivity contribution < 1.29 is 43.3 Å². The van der Waals surface area contributed by atoms with Gasteiger partial charge >= 0.3 is 0 Å². The Balaban J connectivity index is 1.94. The fraction of sp³-hybridized carbons (Fsp3) is 0.745. The number of ether oxygens (including phenoxy) is 2. The van der Waals surface area contributed by atoms with Crippen LogP contribution in [-0.4, -0.2) is 99.0 Å². The number of hydrogen-bond acceptors (Lipinski definition) is 9. The van der Waals surface area contributed by atoms with Gasteiger partial charge in [-0.2, -0.15) is 0 Å². The minimum atomic E-state index is -1.10. The van der Waals surface area contributed by atoms with Gasteiger partial charge in [-0.3, -0.25) is 28.8 Å². The van der Waals surface area contributed by atoms with Crippen LogP contribution in [-0.2, 0) is 44.7 Å². The number of benzene rings is 1. The number of phenolic OH excluding ortho intramolecular Hbond substituents is 1. The van der Waals surface area contributed by atoms with E-state index in [-0.39, 0.29) is 54.5 Å². The van der Waals surface area contributed by atoms with E-state index < -0.39 is 23.9 Å². The Labute approximate surface area is 366 Å². The summed E-state index contributed by atoms with van der Waals surface area (Å²) in [5.74, 6) is -1.14. The number of carbonyl (C=O) groups is 6. The Morgan fingerprint density at radius 1 is 0.639 bits per heavy atom. The molecule has 0 spiro atoms. The van der Waals surface area contributed by atoms with Gasteiger partial charge in [0.15, 0.2) is 5.78 Å². The van der Waals surface area contributed by atoms with Crippen LogP contribution in [0, 0.1) is 5.92 Å². The van der Waals surface area contributed by atoms with Gasteiger partial charge in [0.25, 0.3) is 0 Å². The Morgan fingerprint density at radius 2 is 1.10 bits per heavy atom. The smallest absolute Gasteiger partial charge is 0.245 e. The van der Waals surface area contributed by atoms with Crippen LogP contribution in [0.1, 0.15) is 161 Å². The van der Waals surface area contributed by atoms with Gasteiger partial charge < -0.3 is 35.8 Å². The number of carbonyl (C=O) groups excluding carboxylic acids is 6. The maximum absolute atomic E-state index is 12.8.